The molecule has 0 amide bonds. The molecule has 17 heavy (non-hydrogen) atoms. The summed E-state index contributed by atoms with van der Waals surface area (Å²) in [6, 6.07) is 2.04. The van der Waals surface area contributed by atoms with Gasteiger partial charge in [-0.1, -0.05) is 13.8 Å². The van der Waals surface area contributed by atoms with E-state index in [0.717, 1.165) is 38.0 Å². The second kappa shape index (κ2) is 6.77. The Kier molecular flexibility index (Phi) is 5.65. The Morgan fingerprint density at radius 1 is 1.41 bits per heavy atom. The molecule has 0 unspecified atom stereocenters. The van der Waals surface area contributed by atoms with E-state index >= 15 is 0 Å². The number of aliphatic hydroxyl groups is 1. The molecule has 1 heterocycles. The summed E-state index contributed by atoms with van der Waals surface area (Å²) in [6.45, 7) is 6.33. The van der Waals surface area contributed by atoms with E-state index in [4.69, 9.17) is 0 Å². The molecule has 98 valence electrons. The van der Waals surface area contributed by atoms with Gasteiger partial charge >= 0.3 is 0 Å². The van der Waals surface area contributed by atoms with Gasteiger partial charge in [-0.25, -0.2) is 0 Å². The van der Waals surface area contributed by atoms with Crippen molar-refractivity contribution in [3.05, 3.63) is 18.0 Å². The molecular formula is C13H25N3O. The van der Waals surface area contributed by atoms with Crippen molar-refractivity contribution in [3.63, 3.8) is 0 Å². The number of aryl methyl sites for hydroxylation is 1. The first-order chi connectivity index (χ1) is 8.15. The van der Waals surface area contributed by atoms with Crippen LogP contribution >= 0.6 is 0 Å². The monoisotopic (exact) mass is 239 g/mol. The molecule has 2 N–H and O–H groups in total. The number of nitrogens with zero attached hydrogens (tertiary/aromatic N) is 2. The molecule has 0 aliphatic carbocycles. The van der Waals surface area contributed by atoms with E-state index in [1.807, 2.05) is 24.0 Å². The summed E-state index contributed by atoms with van der Waals surface area (Å²) >= 11 is 0. The lowest BCUT2D eigenvalue weighted by atomic mass is 9.83. The number of rotatable bonds is 8. The standard InChI is InChI=1S/C13H25N3O/c1-4-13(5-2,11-17)10-14-8-6-12-7-9-16(3)15-12/h7,9,14,17H,4-6,8,10-11H2,1-3H3. The first-order valence-corrected chi connectivity index (χ1v) is 6.46. The van der Waals surface area contributed by atoms with Gasteiger partial charge in [-0.05, 0) is 18.9 Å². The minimum atomic E-state index is 0.0458. The van der Waals surface area contributed by atoms with Crippen LogP contribution in [0.1, 0.15) is 32.4 Å². The van der Waals surface area contributed by atoms with E-state index in [9.17, 15) is 5.11 Å². The third kappa shape index (κ3) is 4.13. The van der Waals surface area contributed by atoms with Gasteiger partial charge in [0.25, 0.3) is 0 Å². The van der Waals surface area contributed by atoms with Gasteiger partial charge < -0.3 is 10.4 Å². The minimum absolute atomic E-state index is 0.0458. The summed E-state index contributed by atoms with van der Waals surface area (Å²) in [5.41, 5.74) is 1.16. The van der Waals surface area contributed by atoms with Crippen molar-refractivity contribution in [1.29, 1.82) is 0 Å². The second-order valence-electron chi connectivity index (χ2n) is 4.77. The fraction of sp³-hybridized carbons (Fsp3) is 0.769. The molecule has 0 saturated heterocycles. The third-order valence-electron chi connectivity index (χ3n) is 3.66. The first-order valence-electron chi connectivity index (χ1n) is 6.46. The van der Waals surface area contributed by atoms with Gasteiger partial charge in [-0.2, -0.15) is 5.10 Å². The summed E-state index contributed by atoms with van der Waals surface area (Å²) in [5.74, 6) is 0. The summed E-state index contributed by atoms with van der Waals surface area (Å²) in [7, 11) is 1.93. The number of nitrogens with one attached hydrogen (secondary N) is 1. The zero-order valence-electron chi connectivity index (χ0n) is 11.2. The molecule has 0 aromatic carbocycles. The maximum Gasteiger partial charge on any atom is 0.0637 e. The van der Waals surface area contributed by atoms with Crippen LogP contribution in [-0.4, -0.2) is 34.6 Å². The van der Waals surface area contributed by atoms with Crippen molar-refractivity contribution in [1.82, 2.24) is 15.1 Å². The van der Waals surface area contributed by atoms with Gasteiger partial charge in [-0.3, -0.25) is 4.68 Å². The van der Waals surface area contributed by atoms with E-state index in [1.54, 1.807) is 0 Å². The van der Waals surface area contributed by atoms with Crippen molar-refractivity contribution in [3.8, 4) is 0 Å². The molecule has 4 heteroatoms. The van der Waals surface area contributed by atoms with Crippen LogP contribution in [0.2, 0.25) is 0 Å². The fourth-order valence-electron chi connectivity index (χ4n) is 1.95. The summed E-state index contributed by atoms with van der Waals surface area (Å²) < 4.78 is 1.82. The predicted molar refractivity (Wildman–Crippen MR) is 69.9 cm³/mol. The molecule has 1 aromatic rings. The Hall–Kier alpha value is -0.870. The highest BCUT2D eigenvalue weighted by Gasteiger charge is 2.24. The molecule has 0 aliphatic rings. The Morgan fingerprint density at radius 3 is 2.59 bits per heavy atom. The van der Waals surface area contributed by atoms with Crippen LogP contribution in [0.4, 0.5) is 0 Å². The number of aliphatic hydroxyl groups excluding tert-OH is 1. The van der Waals surface area contributed by atoms with Gasteiger partial charge in [0.2, 0.25) is 0 Å². The smallest absolute Gasteiger partial charge is 0.0637 e. The van der Waals surface area contributed by atoms with Crippen molar-refractivity contribution in [2.24, 2.45) is 12.5 Å². The number of hydrogen-bond donors (Lipinski definition) is 2. The average Bonchev–Trinajstić information content (AvgIpc) is 2.76. The molecule has 0 bridgehead atoms. The van der Waals surface area contributed by atoms with Gasteiger partial charge in [0.15, 0.2) is 0 Å². The lowest BCUT2D eigenvalue weighted by molar-refractivity contribution is 0.113. The van der Waals surface area contributed by atoms with Crippen LogP contribution in [0.3, 0.4) is 0 Å². The van der Waals surface area contributed by atoms with Gasteiger partial charge in [0.1, 0.15) is 0 Å². The summed E-state index contributed by atoms with van der Waals surface area (Å²) in [5, 5.41) is 17.2. The lowest BCUT2D eigenvalue weighted by Gasteiger charge is -2.29. The highest BCUT2D eigenvalue weighted by Crippen LogP contribution is 2.24. The Bertz CT molecular complexity index is 310. The van der Waals surface area contributed by atoms with E-state index in [-0.39, 0.29) is 12.0 Å². The number of hydrogen-bond acceptors (Lipinski definition) is 3. The zero-order valence-corrected chi connectivity index (χ0v) is 11.2. The van der Waals surface area contributed by atoms with Crippen LogP contribution in [0.5, 0.6) is 0 Å². The van der Waals surface area contributed by atoms with Crippen LogP contribution in [0.15, 0.2) is 12.3 Å². The zero-order chi connectivity index (χ0) is 12.7. The third-order valence-corrected chi connectivity index (χ3v) is 3.66. The summed E-state index contributed by atoms with van der Waals surface area (Å²) in [4.78, 5) is 0. The summed E-state index contributed by atoms with van der Waals surface area (Å²) in [6.07, 6.45) is 4.92. The molecule has 0 fully saturated rings. The largest absolute Gasteiger partial charge is 0.396 e. The van der Waals surface area contributed by atoms with Gasteiger partial charge in [0, 0.05) is 44.8 Å². The molecular weight excluding hydrogens is 214 g/mol. The minimum Gasteiger partial charge on any atom is -0.396 e. The van der Waals surface area contributed by atoms with Gasteiger partial charge in [0.05, 0.1) is 5.69 Å². The Balaban J connectivity index is 2.27. The maximum absolute atomic E-state index is 9.44. The van der Waals surface area contributed by atoms with Gasteiger partial charge in [-0.15, -0.1) is 0 Å². The topological polar surface area (TPSA) is 50.1 Å². The molecule has 1 aromatic heterocycles. The molecule has 0 aliphatic heterocycles. The van der Waals surface area contributed by atoms with Crippen LogP contribution in [0, 0.1) is 5.41 Å². The predicted octanol–water partition coefficient (Wildman–Crippen LogP) is 1.35. The Labute approximate surface area is 104 Å². The highest BCUT2D eigenvalue weighted by atomic mass is 16.3. The molecule has 1 rings (SSSR count). The van der Waals surface area contributed by atoms with Crippen LogP contribution in [0.25, 0.3) is 0 Å². The highest BCUT2D eigenvalue weighted by molar-refractivity contribution is 4.99. The van der Waals surface area contributed by atoms with Crippen molar-refractivity contribution in [2.75, 3.05) is 19.7 Å². The van der Waals surface area contributed by atoms with Crippen molar-refractivity contribution < 1.29 is 5.11 Å². The lowest BCUT2D eigenvalue weighted by Crippen LogP contribution is -2.37. The SMILES string of the molecule is CCC(CC)(CO)CNCCc1ccn(C)n1. The maximum atomic E-state index is 9.44. The molecule has 4 nitrogen and oxygen atoms in total. The van der Waals surface area contributed by atoms with E-state index in [2.05, 4.69) is 24.3 Å². The van der Waals surface area contributed by atoms with Crippen LogP contribution in [-0.2, 0) is 13.5 Å². The van der Waals surface area contributed by atoms with E-state index in [1.165, 1.54) is 0 Å². The number of aromatic nitrogens is 2. The average molecular weight is 239 g/mol. The molecule has 0 atom stereocenters. The molecule has 0 spiro atoms. The van der Waals surface area contributed by atoms with E-state index in [0.29, 0.717) is 0 Å². The molecule has 0 saturated carbocycles. The van der Waals surface area contributed by atoms with Crippen molar-refractivity contribution >= 4 is 0 Å². The van der Waals surface area contributed by atoms with Crippen molar-refractivity contribution in [2.45, 2.75) is 33.1 Å². The van der Waals surface area contributed by atoms with E-state index < -0.39 is 0 Å². The normalized spacial score (nSPS) is 12.0. The van der Waals surface area contributed by atoms with Crippen LogP contribution < -0.4 is 5.32 Å². The second-order valence-corrected chi connectivity index (χ2v) is 4.77. The molecule has 0 radical (unpaired) electrons. The first kappa shape index (κ1) is 14.2. The quantitative estimate of drug-likeness (QED) is 0.673. The fourth-order valence-corrected chi connectivity index (χ4v) is 1.95. The Morgan fingerprint density at radius 2 is 2.12 bits per heavy atom.